The van der Waals surface area contributed by atoms with Crippen LogP contribution in [0.15, 0.2) is 5.38 Å². The quantitative estimate of drug-likeness (QED) is 0.896. The number of aromatic nitrogens is 1. The van der Waals surface area contributed by atoms with Crippen molar-refractivity contribution in [3.8, 4) is 0 Å². The van der Waals surface area contributed by atoms with E-state index in [9.17, 15) is 4.79 Å². The second-order valence-corrected chi connectivity index (χ2v) is 9.22. The normalized spacial score (nSPS) is 33.4. The van der Waals surface area contributed by atoms with E-state index in [0.717, 1.165) is 56.3 Å². The van der Waals surface area contributed by atoms with Gasteiger partial charge in [0.25, 0.3) is 0 Å². The summed E-state index contributed by atoms with van der Waals surface area (Å²) in [4.78, 5) is 22.1. The van der Waals surface area contributed by atoms with E-state index in [-0.39, 0.29) is 5.92 Å². The van der Waals surface area contributed by atoms with Gasteiger partial charge in [0.15, 0.2) is 0 Å². The van der Waals surface area contributed by atoms with Crippen molar-refractivity contribution in [1.29, 1.82) is 0 Å². The average Bonchev–Trinajstić information content (AvgIpc) is 2.99. The van der Waals surface area contributed by atoms with Gasteiger partial charge in [-0.1, -0.05) is 6.42 Å². The number of piperazine rings is 1. The van der Waals surface area contributed by atoms with E-state index >= 15 is 0 Å². The van der Waals surface area contributed by atoms with Crippen molar-refractivity contribution in [2.45, 2.75) is 51.6 Å². The molecule has 2 aliphatic carbocycles. The van der Waals surface area contributed by atoms with E-state index < -0.39 is 0 Å². The molecule has 4 rings (SSSR count). The number of fused-ring (bicyclic) bond motifs is 2. The topological polar surface area (TPSA) is 62.5 Å². The van der Waals surface area contributed by atoms with Crippen molar-refractivity contribution in [2.75, 3.05) is 26.2 Å². The summed E-state index contributed by atoms with van der Waals surface area (Å²) >= 11 is 1.71. The van der Waals surface area contributed by atoms with Crippen molar-refractivity contribution in [1.82, 2.24) is 14.8 Å². The Labute approximate surface area is 154 Å². The fraction of sp³-hybridized carbons (Fsp3) is 0.789. The smallest absolute Gasteiger partial charge is 0.225 e. The molecule has 25 heavy (non-hydrogen) atoms. The van der Waals surface area contributed by atoms with Crippen LogP contribution in [0.25, 0.3) is 0 Å². The second kappa shape index (κ2) is 7.33. The number of rotatable bonds is 3. The Morgan fingerprint density at radius 2 is 1.92 bits per heavy atom. The zero-order valence-corrected chi connectivity index (χ0v) is 16.0. The van der Waals surface area contributed by atoms with Crippen LogP contribution in [0.3, 0.4) is 0 Å². The average molecular weight is 363 g/mol. The molecule has 3 fully saturated rings. The molecule has 2 bridgehead atoms. The van der Waals surface area contributed by atoms with Gasteiger partial charge >= 0.3 is 0 Å². The molecule has 6 heteroatoms. The van der Waals surface area contributed by atoms with E-state index in [1.54, 1.807) is 11.3 Å². The summed E-state index contributed by atoms with van der Waals surface area (Å²) < 4.78 is 0. The predicted molar refractivity (Wildman–Crippen MR) is 100 cm³/mol. The third-order valence-electron chi connectivity index (χ3n) is 6.50. The molecule has 2 unspecified atom stereocenters. The highest BCUT2D eigenvalue weighted by molar-refractivity contribution is 7.09. The first-order chi connectivity index (χ1) is 12.1. The fourth-order valence-electron chi connectivity index (χ4n) is 5.09. The second-order valence-electron chi connectivity index (χ2n) is 8.16. The highest BCUT2D eigenvalue weighted by atomic mass is 32.1. The molecule has 1 aromatic heterocycles. The summed E-state index contributed by atoms with van der Waals surface area (Å²) in [6.45, 7) is 6.60. The first-order valence-electron chi connectivity index (χ1n) is 9.78. The Morgan fingerprint density at radius 1 is 1.24 bits per heavy atom. The van der Waals surface area contributed by atoms with Gasteiger partial charge in [0, 0.05) is 50.1 Å². The van der Waals surface area contributed by atoms with E-state index in [4.69, 9.17) is 5.73 Å². The van der Waals surface area contributed by atoms with Gasteiger partial charge in [-0.25, -0.2) is 4.98 Å². The third kappa shape index (κ3) is 3.76. The zero-order chi connectivity index (χ0) is 17.4. The molecule has 1 amide bonds. The molecular weight excluding hydrogens is 332 g/mol. The lowest BCUT2D eigenvalue weighted by Gasteiger charge is -2.45. The predicted octanol–water partition coefficient (Wildman–Crippen LogP) is 2.25. The molecule has 0 radical (unpaired) electrons. The van der Waals surface area contributed by atoms with E-state index in [1.165, 1.54) is 19.3 Å². The van der Waals surface area contributed by atoms with Crippen LogP contribution in [0.1, 0.15) is 42.8 Å². The highest BCUT2D eigenvalue weighted by Gasteiger charge is 2.41. The van der Waals surface area contributed by atoms with Crippen LogP contribution < -0.4 is 5.73 Å². The minimum atomic E-state index is 0.225. The monoisotopic (exact) mass is 362 g/mol. The Morgan fingerprint density at radius 3 is 2.52 bits per heavy atom. The van der Waals surface area contributed by atoms with Crippen LogP contribution in [-0.4, -0.2) is 52.9 Å². The van der Waals surface area contributed by atoms with Gasteiger partial charge in [0.05, 0.1) is 10.7 Å². The Bertz CT molecular complexity index is 596. The van der Waals surface area contributed by atoms with Crippen molar-refractivity contribution in [3.63, 3.8) is 0 Å². The van der Waals surface area contributed by atoms with Crippen molar-refractivity contribution in [2.24, 2.45) is 23.5 Å². The Kier molecular flexibility index (Phi) is 5.11. The summed E-state index contributed by atoms with van der Waals surface area (Å²) in [6, 6.07) is 0.344. The number of carbonyl (C=O) groups is 1. The number of thiazole rings is 1. The summed E-state index contributed by atoms with van der Waals surface area (Å²) in [5.74, 6) is 1.78. The van der Waals surface area contributed by atoms with Crippen LogP contribution in [-0.2, 0) is 11.3 Å². The van der Waals surface area contributed by atoms with Crippen LogP contribution in [0.2, 0.25) is 0 Å². The molecule has 1 aliphatic heterocycles. The summed E-state index contributed by atoms with van der Waals surface area (Å²) in [5, 5.41) is 3.28. The maximum atomic E-state index is 13.0. The molecule has 0 spiro atoms. The molecular formula is C19H30N4OS. The molecule has 2 N–H and O–H groups in total. The van der Waals surface area contributed by atoms with Crippen molar-refractivity contribution in [3.05, 3.63) is 16.1 Å². The van der Waals surface area contributed by atoms with Crippen LogP contribution in [0.5, 0.6) is 0 Å². The van der Waals surface area contributed by atoms with Gasteiger partial charge in [-0.2, -0.15) is 0 Å². The van der Waals surface area contributed by atoms with Crippen LogP contribution in [0.4, 0.5) is 0 Å². The first kappa shape index (κ1) is 17.4. The maximum Gasteiger partial charge on any atom is 0.225 e. The molecule has 2 atom stereocenters. The van der Waals surface area contributed by atoms with Gasteiger partial charge < -0.3 is 10.6 Å². The Balaban J connectivity index is 1.29. The summed E-state index contributed by atoms with van der Waals surface area (Å²) in [5.41, 5.74) is 7.54. The molecule has 2 saturated carbocycles. The minimum Gasteiger partial charge on any atom is -0.340 e. The molecule has 1 aromatic rings. The van der Waals surface area contributed by atoms with Crippen LogP contribution in [0, 0.1) is 24.7 Å². The molecule has 1 saturated heterocycles. The number of hydrogen-bond donors (Lipinski definition) is 1. The molecule has 5 nitrogen and oxygen atoms in total. The number of nitrogens with two attached hydrogens (primary N) is 1. The van der Waals surface area contributed by atoms with Crippen molar-refractivity contribution >= 4 is 17.2 Å². The van der Waals surface area contributed by atoms with Gasteiger partial charge in [-0.05, 0) is 44.4 Å². The lowest BCUT2D eigenvalue weighted by atomic mass is 9.65. The van der Waals surface area contributed by atoms with Gasteiger partial charge in [-0.15, -0.1) is 11.3 Å². The highest BCUT2D eigenvalue weighted by Crippen LogP contribution is 2.42. The van der Waals surface area contributed by atoms with Crippen molar-refractivity contribution < 1.29 is 4.79 Å². The molecule has 2 heterocycles. The van der Waals surface area contributed by atoms with Gasteiger partial charge in [0.2, 0.25) is 5.91 Å². The molecule has 0 aromatic carbocycles. The zero-order valence-electron chi connectivity index (χ0n) is 15.2. The lowest BCUT2D eigenvalue weighted by molar-refractivity contribution is -0.140. The first-order valence-corrected chi connectivity index (χ1v) is 10.7. The van der Waals surface area contributed by atoms with E-state index in [2.05, 4.69) is 27.1 Å². The third-order valence-corrected chi connectivity index (χ3v) is 7.32. The largest absolute Gasteiger partial charge is 0.340 e. The number of amides is 1. The van der Waals surface area contributed by atoms with E-state index in [1.807, 2.05) is 0 Å². The Hall–Kier alpha value is -0.980. The lowest BCUT2D eigenvalue weighted by Crippen LogP contribution is -2.53. The van der Waals surface area contributed by atoms with E-state index in [0.29, 0.717) is 23.8 Å². The fourth-order valence-corrected chi connectivity index (χ4v) is 5.69. The number of aryl methyl sites for hydroxylation is 1. The van der Waals surface area contributed by atoms with Gasteiger partial charge in [-0.3, -0.25) is 9.69 Å². The summed E-state index contributed by atoms with van der Waals surface area (Å²) in [7, 11) is 0. The molecule has 138 valence electrons. The van der Waals surface area contributed by atoms with Crippen LogP contribution >= 0.6 is 11.3 Å². The SMILES string of the molecule is Cc1nc(CN2CCN(C(=O)C3CC4CCCC(C3)C4N)CC2)cs1. The maximum absolute atomic E-state index is 13.0. The number of hydrogen-bond acceptors (Lipinski definition) is 5. The summed E-state index contributed by atoms with van der Waals surface area (Å²) in [6.07, 6.45) is 5.80. The standard InChI is InChI=1S/C19H30N4OS/c1-13-21-17(12-25-13)11-22-5-7-23(8-6-22)19(24)16-9-14-3-2-4-15(10-16)18(14)20/h12,14-16,18H,2-11,20H2,1H3. The minimum absolute atomic E-state index is 0.225. The van der Waals surface area contributed by atoms with Gasteiger partial charge in [0.1, 0.15) is 0 Å². The number of carbonyl (C=O) groups excluding carboxylic acids is 1. The number of nitrogens with zero attached hydrogens (tertiary/aromatic N) is 3. The molecule has 3 aliphatic rings.